The van der Waals surface area contributed by atoms with Crippen molar-refractivity contribution in [2.24, 2.45) is 5.92 Å². The van der Waals surface area contributed by atoms with E-state index < -0.39 is 18.1 Å². The molecule has 2 fully saturated rings. The third-order valence-corrected chi connectivity index (χ3v) is 6.23. The van der Waals surface area contributed by atoms with Crippen molar-refractivity contribution in [3.05, 3.63) is 90.0 Å². The van der Waals surface area contributed by atoms with Crippen LogP contribution >= 0.6 is 0 Å². The molecule has 2 aliphatic heterocycles. The molecule has 0 unspecified atom stereocenters. The summed E-state index contributed by atoms with van der Waals surface area (Å²) in [5.41, 5.74) is 4.30. The van der Waals surface area contributed by atoms with Gasteiger partial charge in [-0.3, -0.25) is 14.4 Å². The average Bonchev–Trinajstić information content (AvgIpc) is 3.31. The van der Waals surface area contributed by atoms with E-state index in [4.69, 9.17) is 4.84 Å². The van der Waals surface area contributed by atoms with E-state index in [0.29, 0.717) is 5.69 Å². The minimum Gasteiger partial charge on any atom is -0.378 e. The molecule has 5 rings (SSSR count). The van der Waals surface area contributed by atoms with Crippen molar-refractivity contribution in [1.82, 2.24) is 0 Å². The summed E-state index contributed by atoms with van der Waals surface area (Å²) in [5, 5.41) is 1.73. The molecule has 3 atom stereocenters. The van der Waals surface area contributed by atoms with Crippen molar-refractivity contribution in [2.45, 2.75) is 19.1 Å². The maximum absolute atomic E-state index is 13.7. The first-order chi connectivity index (χ1) is 15.5. The second kappa shape index (κ2) is 7.80. The zero-order valence-corrected chi connectivity index (χ0v) is 18.3. The fourth-order valence-corrected chi connectivity index (χ4v) is 4.57. The van der Waals surface area contributed by atoms with Crippen molar-refractivity contribution in [3.63, 3.8) is 0 Å². The van der Waals surface area contributed by atoms with Gasteiger partial charge in [-0.05, 0) is 48.4 Å². The number of nitrogens with zero attached hydrogens (tertiary/aromatic N) is 3. The number of hydrogen-bond acceptors (Lipinski definition) is 5. The molecule has 2 heterocycles. The lowest BCUT2D eigenvalue weighted by molar-refractivity contribution is -0.126. The number of hydroxylamine groups is 1. The second-order valence-corrected chi connectivity index (χ2v) is 8.44. The maximum atomic E-state index is 13.7. The van der Waals surface area contributed by atoms with E-state index >= 15 is 0 Å². The first-order valence-corrected chi connectivity index (χ1v) is 10.7. The van der Waals surface area contributed by atoms with Gasteiger partial charge in [-0.15, -0.1) is 0 Å². The van der Waals surface area contributed by atoms with Crippen molar-refractivity contribution >= 4 is 28.9 Å². The highest BCUT2D eigenvalue weighted by Gasteiger charge is 2.60. The number of benzene rings is 3. The van der Waals surface area contributed by atoms with Crippen LogP contribution in [0.4, 0.5) is 17.1 Å². The van der Waals surface area contributed by atoms with Crippen molar-refractivity contribution < 1.29 is 14.4 Å². The predicted octanol–water partition coefficient (Wildman–Crippen LogP) is 4.11. The molecular weight excluding hydrogens is 402 g/mol. The molecule has 0 saturated carbocycles. The molecule has 2 saturated heterocycles. The molecule has 0 bridgehead atoms. The van der Waals surface area contributed by atoms with Crippen LogP contribution in [0.2, 0.25) is 0 Å². The molecule has 0 aliphatic carbocycles. The summed E-state index contributed by atoms with van der Waals surface area (Å²) < 4.78 is 0. The van der Waals surface area contributed by atoms with E-state index in [1.54, 1.807) is 5.06 Å². The summed E-state index contributed by atoms with van der Waals surface area (Å²) in [4.78, 5) is 36.6. The Bertz CT molecular complexity index is 1160. The molecule has 0 N–H and O–H groups in total. The molecule has 2 aliphatic rings. The Hall–Kier alpha value is -3.64. The SMILES string of the molecule is Cc1ccccc1N1C(=O)[C@H]2[C@@H](ON(c3ccccc3)[C@H]2c2ccc(N(C)C)cc2)C1=O. The number of para-hydroxylation sites is 2. The monoisotopic (exact) mass is 427 g/mol. The van der Waals surface area contributed by atoms with E-state index in [1.807, 2.05) is 105 Å². The van der Waals surface area contributed by atoms with Gasteiger partial charge in [-0.1, -0.05) is 48.5 Å². The number of carbonyl (C=O) groups excluding carboxylic acids is 2. The Kier molecular flexibility index (Phi) is 4.94. The molecule has 3 aromatic rings. The van der Waals surface area contributed by atoms with Crippen molar-refractivity contribution in [3.8, 4) is 0 Å². The maximum Gasteiger partial charge on any atom is 0.266 e. The summed E-state index contributed by atoms with van der Waals surface area (Å²) in [7, 11) is 3.97. The van der Waals surface area contributed by atoms with Crippen LogP contribution in [0.15, 0.2) is 78.9 Å². The lowest BCUT2D eigenvalue weighted by Crippen LogP contribution is -2.37. The van der Waals surface area contributed by atoms with E-state index in [9.17, 15) is 9.59 Å². The summed E-state index contributed by atoms with van der Waals surface area (Å²) in [6.07, 6.45) is -0.860. The van der Waals surface area contributed by atoms with Gasteiger partial charge in [0.15, 0.2) is 6.10 Å². The van der Waals surface area contributed by atoms with Crippen LogP contribution in [0.1, 0.15) is 17.2 Å². The molecule has 0 spiro atoms. The van der Waals surface area contributed by atoms with E-state index in [-0.39, 0.29) is 11.8 Å². The number of amides is 2. The van der Waals surface area contributed by atoms with E-state index in [2.05, 4.69) is 0 Å². The first-order valence-electron chi connectivity index (χ1n) is 10.7. The molecule has 2 amide bonds. The van der Waals surface area contributed by atoms with Crippen LogP contribution in [-0.4, -0.2) is 32.0 Å². The van der Waals surface area contributed by atoms with Gasteiger partial charge in [0, 0.05) is 19.8 Å². The number of rotatable bonds is 4. The minimum absolute atomic E-state index is 0.227. The fraction of sp³-hybridized carbons (Fsp3) is 0.231. The van der Waals surface area contributed by atoms with E-state index in [1.165, 1.54) is 4.90 Å². The Morgan fingerprint density at radius 2 is 1.47 bits per heavy atom. The molecule has 6 heteroatoms. The number of carbonyl (C=O) groups is 2. The topological polar surface area (TPSA) is 53.1 Å². The largest absolute Gasteiger partial charge is 0.378 e. The van der Waals surface area contributed by atoms with Crippen molar-refractivity contribution in [2.75, 3.05) is 29.0 Å². The minimum atomic E-state index is -0.860. The van der Waals surface area contributed by atoms with Gasteiger partial charge in [0.2, 0.25) is 5.91 Å². The van der Waals surface area contributed by atoms with Crippen LogP contribution in [0.25, 0.3) is 0 Å². The Balaban J connectivity index is 1.58. The van der Waals surface area contributed by atoms with Gasteiger partial charge >= 0.3 is 0 Å². The summed E-state index contributed by atoms with van der Waals surface area (Å²) in [6, 6.07) is 24.7. The smallest absolute Gasteiger partial charge is 0.266 e. The lowest BCUT2D eigenvalue weighted by atomic mass is 9.90. The van der Waals surface area contributed by atoms with Gasteiger partial charge in [0.1, 0.15) is 5.92 Å². The highest BCUT2D eigenvalue weighted by atomic mass is 16.7. The Labute approximate surface area is 187 Å². The number of hydrogen-bond donors (Lipinski definition) is 0. The van der Waals surface area contributed by atoms with Crippen LogP contribution in [0.3, 0.4) is 0 Å². The zero-order chi connectivity index (χ0) is 22.4. The number of fused-ring (bicyclic) bond motifs is 1. The number of aryl methyl sites for hydroxylation is 1. The van der Waals surface area contributed by atoms with Gasteiger partial charge in [0.25, 0.3) is 5.91 Å². The molecule has 0 aromatic heterocycles. The molecule has 32 heavy (non-hydrogen) atoms. The molecule has 162 valence electrons. The van der Waals surface area contributed by atoms with Gasteiger partial charge in [-0.25, -0.2) is 9.96 Å². The average molecular weight is 428 g/mol. The summed E-state index contributed by atoms with van der Waals surface area (Å²) in [6.45, 7) is 1.90. The standard InChI is InChI=1S/C26H25N3O3/c1-17-9-7-8-12-21(17)28-25(30)22-23(18-13-15-19(16-14-18)27(2)3)29(32-24(22)26(28)31)20-10-5-4-6-11-20/h4-16,22-24H,1-3H3/t22-,23+,24-/m1/s1. The predicted molar refractivity (Wildman–Crippen MR) is 124 cm³/mol. The quantitative estimate of drug-likeness (QED) is 0.587. The molecule has 6 nitrogen and oxygen atoms in total. The zero-order valence-electron chi connectivity index (χ0n) is 18.3. The third-order valence-electron chi connectivity index (χ3n) is 6.23. The highest BCUT2D eigenvalue weighted by Crippen LogP contribution is 2.48. The van der Waals surface area contributed by atoms with Crippen LogP contribution < -0.4 is 14.9 Å². The second-order valence-electron chi connectivity index (χ2n) is 8.44. The summed E-state index contributed by atoms with van der Waals surface area (Å²) in [5.74, 6) is -1.18. The van der Waals surface area contributed by atoms with Crippen LogP contribution in [0, 0.1) is 12.8 Å². The van der Waals surface area contributed by atoms with Crippen LogP contribution in [-0.2, 0) is 14.4 Å². The lowest BCUT2D eigenvalue weighted by Gasteiger charge is -2.29. The molecule has 3 aromatic carbocycles. The number of anilines is 3. The Morgan fingerprint density at radius 1 is 0.812 bits per heavy atom. The molecular formula is C26H25N3O3. The third kappa shape index (κ3) is 3.15. The molecule has 0 radical (unpaired) electrons. The number of imide groups is 1. The first kappa shape index (κ1) is 20.3. The fourth-order valence-electron chi connectivity index (χ4n) is 4.57. The Morgan fingerprint density at radius 3 is 2.12 bits per heavy atom. The normalized spacial score (nSPS) is 22.4. The summed E-state index contributed by atoms with van der Waals surface area (Å²) >= 11 is 0. The van der Waals surface area contributed by atoms with Gasteiger partial charge < -0.3 is 4.90 Å². The highest BCUT2D eigenvalue weighted by molar-refractivity contribution is 6.24. The van der Waals surface area contributed by atoms with Gasteiger partial charge in [-0.2, -0.15) is 0 Å². The van der Waals surface area contributed by atoms with Crippen molar-refractivity contribution in [1.29, 1.82) is 0 Å². The van der Waals surface area contributed by atoms with E-state index in [0.717, 1.165) is 22.5 Å². The van der Waals surface area contributed by atoms with Crippen LogP contribution in [0.5, 0.6) is 0 Å². The van der Waals surface area contributed by atoms with Gasteiger partial charge in [0.05, 0.1) is 17.4 Å².